The van der Waals surface area contributed by atoms with E-state index in [-0.39, 0.29) is 16.7 Å². The fourth-order valence-electron chi connectivity index (χ4n) is 3.77. The molecule has 0 spiro atoms. The van der Waals surface area contributed by atoms with Crippen LogP contribution in [0.2, 0.25) is 0 Å². The number of hydrogen-bond donors (Lipinski definition) is 0. The Kier molecular flexibility index (Phi) is 9.72. The van der Waals surface area contributed by atoms with Crippen LogP contribution in [0.3, 0.4) is 0 Å². The highest BCUT2D eigenvalue weighted by atomic mass is 31.1. The van der Waals surface area contributed by atoms with Gasteiger partial charge in [-0.1, -0.05) is 39.8 Å². The van der Waals surface area contributed by atoms with E-state index in [2.05, 4.69) is 20.8 Å². The fraction of sp³-hybridized carbons (Fsp3) is 0.462. The van der Waals surface area contributed by atoms with Gasteiger partial charge in [-0.2, -0.15) is 0 Å². The molecule has 0 aliphatic carbocycles. The van der Waals surface area contributed by atoms with Gasteiger partial charge in [0.15, 0.2) is 11.0 Å². The summed E-state index contributed by atoms with van der Waals surface area (Å²) in [6.45, 7) is 8.42. The van der Waals surface area contributed by atoms with Gasteiger partial charge < -0.3 is 18.9 Å². The van der Waals surface area contributed by atoms with Crippen LogP contribution in [0.5, 0.6) is 23.0 Å². The van der Waals surface area contributed by atoms with E-state index in [0.717, 1.165) is 6.42 Å². The van der Waals surface area contributed by atoms with Crippen LogP contribution in [0.4, 0.5) is 0 Å². The second kappa shape index (κ2) is 12.0. The Hall–Kier alpha value is -2.59. The zero-order valence-electron chi connectivity index (χ0n) is 20.8. The molecule has 0 radical (unpaired) electrons. The molecule has 0 aliphatic heterocycles. The van der Waals surface area contributed by atoms with Gasteiger partial charge in [-0.15, -0.1) is 0 Å². The van der Waals surface area contributed by atoms with Crippen molar-refractivity contribution in [2.24, 2.45) is 11.8 Å². The van der Waals surface area contributed by atoms with Crippen molar-refractivity contribution in [1.82, 2.24) is 0 Å². The van der Waals surface area contributed by atoms with E-state index in [1.165, 1.54) is 28.4 Å². The number of carbonyl (C=O) groups excluding carboxylic acids is 2. The van der Waals surface area contributed by atoms with E-state index in [9.17, 15) is 9.59 Å². The zero-order chi connectivity index (χ0) is 24.7. The molecule has 180 valence electrons. The normalized spacial score (nSPS) is 12.9. The third-order valence-corrected chi connectivity index (χ3v) is 8.43. The Labute approximate surface area is 198 Å². The molecule has 0 saturated heterocycles. The van der Waals surface area contributed by atoms with Gasteiger partial charge in [0.05, 0.1) is 28.4 Å². The summed E-state index contributed by atoms with van der Waals surface area (Å²) in [6, 6.07) is 10.3. The number of benzene rings is 2. The summed E-state index contributed by atoms with van der Waals surface area (Å²) < 4.78 is 21.9. The average molecular weight is 475 g/mol. The fourth-order valence-corrected chi connectivity index (χ4v) is 6.22. The van der Waals surface area contributed by atoms with Crippen LogP contribution < -0.4 is 18.9 Å². The van der Waals surface area contributed by atoms with Crippen molar-refractivity contribution in [1.29, 1.82) is 0 Å². The lowest BCUT2D eigenvalue weighted by atomic mass is 9.93. The maximum atomic E-state index is 14.1. The number of ether oxygens (including phenoxy) is 4. The molecular formula is C26H35O6P. The average Bonchev–Trinajstić information content (AvgIpc) is 2.82. The van der Waals surface area contributed by atoms with Crippen LogP contribution in [0.15, 0.2) is 36.4 Å². The summed E-state index contributed by atoms with van der Waals surface area (Å²) in [6.07, 6.45) is 0.732. The lowest BCUT2D eigenvalue weighted by Gasteiger charge is -2.28. The van der Waals surface area contributed by atoms with E-state index in [1.54, 1.807) is 36.4 Å². The monoisotopic (exact) mass is 474 g/mol. The largest absolute Gasteiger partial charge is 0.496 e. The maximum Gasteiger partial charge on any atom is 0.199 e. The third-order valence-electron chi connectivity index (χ3n) is 6.01. The molecule has 0 heterocycles. The molecule has 0 N–H and O–H groups in total. The lowest BCUT2D eigenvalue weighted by molar-refractivity contribution is 0.104. The first-order valence-corrected chi connectivity index (χ1v) is 12.4. The molecule has 33 heavy (non-hydrogen) atoms. The van der Waals surface area contributed by atoms with Gasteiger partial charge in [-0.25, -0.2) is 0 Å². The smallest absolute Gasteiger partial charge is 0.199 e. The van der Waals surface area contributed by atoms with Gasteiger partial charge in [-0.05, 0) is 48.2 Å². The molecular weight excluding hydrogens is 439 g/mol. The summed E-state index contributed by atoms with van der Waals surface area (Å²) in [5.41, 5.74) is -0.150. The van der Waals surface area contributed by atoms with Crippen molar-refractivity contribution in [2.45, 2.75) is 39.8 Å². The first kappa shape index (κ1) is 26.7. The summed E-state index contributed by atoms with van der Waals surface area (Å²) >= 11 is 0. The lowest BCUT2D eigenvalue weighted by Crippen LogP contribution is -2.21. The maximum absolute atomic E-state index is 14.1. The van der Waals surface area contributed by atoms with E-state index >= 15 is 0 Å². The molecule has 2 rings (SSSR count). The van der Waals surface area contributed by atoms with Gasteiger partial charge in [0.1, 0.15) is 34.1 Å². The molecule has 2 aromatic carbocycles. The van der Waals surface area contributed by atoms with Crippen molar-refractivity contribution >= 4 is 19.0 Å². The topological polar surface area (TPSA) is 71.1 Å². The van der Waals surface area contributed by atoms with Crippen LogP contribution in [-0.4, -0.2) is 45.1 Å². The van der Waals surface area contributed by atoms with E-state index in [0.29, 0.717) is 46.0 Å². The quantitative estimate of drug-likeness (QED) is 0.339. The third kappa shape index (κ3) is 5.86. The summed E-state index contributed by atoms with van der Waals surface area (Å²) in [5, 5.41) is 0. The van der Waals surface area contributed by atoms with Crippen LogP contribution in [-0.2, 0) is 0 Å². The van der Waals surface area contributed by atoms with Gasteiger partial charge in [0.2, 0.25) is 0 Å². The van der Waals surface area contributed by atoms with E-state index < -0.39 is 7.92 Å². The minimum absolute atomic E-state index is 0.179. The van der Waals surface area contributed by atoms with Crippen molar-refractivity contribution in [2.75, 3.05) is 28.4 Å². The molecule has 0 aromatic heterocycles. The number of hydrogen-bond acceptors (Lipinski definition) is 6. The highest BCUT2D eigenvalue weighted by Crippen LogP contribution is 2.54. The molecule has 0 aliphatic rings. The van der Waals surface area contributed by atoms with E-state index in [1.807, 2.05) is 6.92 Å². The van der Waals surface area contributed by atoms with Gasteiger partial charge in [0, 0.05) is 7.92 Å². The SMILES string of the molecule is COc1cccc(OC)c1C(=O)P(C(=O)c1c(OC)cccc1OC)C(C)CC(C)C(C)C. The second-order valence-corrected chi connectivity index (χ2v) is 10.8. The van der Waals surface area contributed by atoms with Crippen molar-refractivity contribution in [3.63, 3.8) is 0 Å². The first-order chi connectivity index (χ1) is 15.7. The van der Waals surface area contributed by atoms with Crippen LogP contribution in [0.1, 0.15) is 54.8 Å². The summed E-state index contributed by atoms with van der Waals surface area (Å²) in [5.74, 6) is 2.30. The molecule has 0 fully saturated rings. The molecule has 7 heteroatoms. The Balaban J connectivity index is 2.69. The number of carbonyl (C=O) groups is 2. The number of rotatable bonds is 12. The zero-order valence-corrected chi connectivity index (χ0v) is 21.7. The van der Waals surface area contributed by atoms with Gasteiger partial charge >= 0.3 is 0 Å². The van der Waals surface area contributed by atoms with Crippen molar-refractivity contribution in [3.8, 4) is 23.0 Å². The summed E-state index contributed by atoms with van der Waals surface area (Å²) in [7, 11) is 4.17. The minimum Gasteiger partial charge on any atom is -0.496 e. The molecule has 2 atom stereocenters. The van der Waals surface area contributed by atoms with Crippen molar-refractivity contribution in [3.05, 3.63) is 47.5 Å². The molecule has 0 amide bonds. The Bertz CT molecular complexity index is 859. The van der Waals surface area contributed by atoms with Crippen LogP contribution >= 0.6 is 7.92 Å². The van der Waals surface area contributed by atoms with Crippen LogP contribution in [0, 0.1) is 11.8 Å². The standard InChI is InChI=1S/C26H35O6P/c1-16(2)17(3)15-18(4)33(25(27)23-19(29-5)11-9-12-20(23)30-6)26(28)24-21(31-7)13-10-14-22(24)32-8/h9-14,16-18H,15H2,1-8H3. The van der Waals surface area contributed by atoms with Crippen LogP contribution in [0.25, 0.3) is 0 Å². The molecule has 2 unspecified atom stereocenters. The minimum atomic E-state index is -1.84. The highest BCUT2D eigenvalue weighted by molar-refractivity contribution is 7.90. The van der Waals surface area contributed by atoms with Gasteiger partial charge in [-0.3, -0.25) is 9.59 Å². The second-order valence-electron chi connectivity index (χ2n) is 8.36. The molecule has 0 bridgehead atoms. The highest BCUT2D eigenvalue weighted by Gasteiger charge is 2.39. The molecule has 6 nitrogen and oxygen atoms in total. The Morgan fingerprint density at radius 3 is 1.30 bits per heavy atom. The Morgan fingerprint density at radius 2 is 1.03 bits per heavy atom. The van der Waals surface area contributed by atoms with Gasteiger partial charge in [0.25, 0.3) is 0 Å². The predicted octanol–water partition coefficient (Wildman–Crippen LogP) is 6.25. The summed E-state index contributed by atoms with van der Waals surface area (Å²) in [4.78, 5) is 28.2. The predicted molar refractivity (Wildman–Crippen MR) is 133 cm³/mol. The number of methoxy groups -OCH3 is 4. The Morgan fingerprint density at radius 1 is 0.697 bits per heavy atom. The first-order valence-electron chi connectivity index (χ1n) is 11.0. The van der Waals surface area contributed by atoms with Crippen molar-refractivity contribution < 1.29 is 28.5 Å². The molecule has 2 aromatic rings. The van der Waals surface area contributed by atoms with E-state index in [4.69, 9.17) is 18.9 Å². The molecule has 0 saturated carbocycles.